The Kier molecular flexibility index (Phi) is 4.71. The van der Waals surface area contributed by atoms with Crippen LogP contribution in [0.1, 0.15) is 25.8 Å². The Bertz CT molecular complexity index is 438. The van der Waals surface area contributed by atoms with Crippen LogP contribution in [0.2, 0.25) is 0 Å². The summed E-state index contributed by atoms with van der Waals surface area (Å²) in [5.41, 5.74) is 6.33. The molecule has 0 aliphatic rings. The van der Waals surface area contributed by atoms with Crippen LogP contribution in [0.3, 0.4) is 0 Å². The molecule has 1 rings (SSSR count). The minimum atomic E-state index is -3.03. The highest BCUT2D eigenvalue weighted by Gasteiger charge is 2.20. The highest BCUT2D eigenvalue weighted by atomic mass is 32.2. The molecule has 1 aromatic rings. The minimum Gasteiger partial charge on any atom is -0.330 e. The summed E-state index contributed by atoms with van der Waals surface area (Å²) in [4.78, 5) is 0. The molecule has 0 aromatic heterocycles. The molecule has 0 aliphatic carbocycles. The Hall–Kier alpha value is -0.870. The summed E-state index contributed by atoms with van der Waals surface area (Å²) in [5, 5.41) is 0. The van der Waals surface area contributed by atoms with E-state index in [2.05, 4.69) is 0 Å². The first-order valence-electron chi connectivity index (χ1n) is 5.79. The maximum absolute atomic E-state index is 11.9. The van der Waals surface area contributed by atoms with Crippen molar-refractivity contribution >= 4 is 9.84 Å². The van der Waals surface area contributed by atoms with Gasteiger partial charge in [-0.3, -0.25) is 0 Å². The van der Waals surface area contributed by atoms with E-state index in [4.69, 9.17) is 5.73 Å². The van der Waals surface area contributed by atoms with Gasteiger partial charge in [0.15, 0.2) is 9.84 Å². The number of rotatable bonds is 6. The molecule has 0 bridgehead atoms. The molecule has 0 atom stereocenters. The van der Waals surface area contributed by atoms with Gasteiger partial charge in [-0.2, -0.15) is 0 Å². The van der Waals surface area contributed by atoms with E-state index in [0.717, 1.165) is 5.56 Å². The molecule has 0 unspecified atom stereocenters. The van der Waals surface area contributed by atoms with Gasteiger partial charge in [0.05, 0.1) is 11.5 Å². The number of sulfone groups is 1. The number of benzene rings is 1. The van der Waals surface area contributed by atoms with Gasteiger partial charge in [0.1, 0.15) is 0 Å². The van der Waals surface area contributed by atoms with Gasteiger partial charge in [-0.1, -0.05) is 44.2 Å². The van der Waals surface area contributed by atoms with Crippen molar-refractivity contribution in [3.8, 4) is 0 Å². The Balaban J connectivity index is 2.59. The topological polar surface area (TPSA) is 60.2 Å². The lowest BCUT2D eigenvalue weighted by Gasteiger charge is -2.21. The third-order valence-electron chi connectivity index (χ3n) is 2.87. The molecule has 3 nitrogen and oxygen atoms in total. The largest absolute Gasteiger partial charge is 0.330 e. The van der Waals surface area contributed by atoms with E-state index in [9.17, 15) is 8.42 Å². The lowest BCUT2D eigenvalue weighted by atomic mass is 9.91. The maximum Gasteiger partial charge on any atom is 0.154 e. The van der Waals surface area contributed by atoms with Crippen LogP contribution in [-0.2, 0) is 15.6 Å². The van der Waals surface area contributed by atoms with Crippen molar-refractivity contribution in [1.82, 2.24) is 0 Å². The second kappa shape index (κ2) is 5.65. The molecule has 0 spiro atoms. The van der Waals surface area contributed by atoms with Crippen molar-refractivity contribution < 1.29 is 8.42 Å². The monoisotopic (exact) mass is 255 g/mol. The molecule has 0 saturated carbocycles. The van der Waals surface area contributed by atoms with Gasteiger partial charge in [0.2, 0.25) is 0 Å². The van der Waals surface area contributed by atoms with Crippen LogP contribution in [0.5, 0.6) is 0 Å². The molecule has 4 heteroatoms. The van der Waals surface area contributed by atoms with Crippen molar-refractivity contribution in [3.05, 3.63) is 35.9 Å². The van der Waals surface area contributed by atoms with E-state index in [1.165, 1.54) is 0 Å². The lowest BCUT2D eigenvalue weighted by Crippen LogP contribution is -2.26. The summed E-state index contributed by atoms with van der Waals surface area (Å²) < 4.78 is 23.8. The van der Waals surface area contributed by atoms with Crippen LogP contribution in [-0.4, -0.2) is 20.7 Å². The summed E-state index contributed by atoms with van der Waals surface area (Å²) in [6.45, 7) is 4.49. The SMILES string of the molecule is CC(C)(CN)CCS(=O)(=O)Cc1ccccc1. The molecule has 17 heavy (non-hydrogen) atoms. The fraction of sp³-hybridized carbons (Fsp3) is 0.538. The van der Waals surface area contributed by atoms with E-state index >= 15 is 0 Å². The minimum absolute atomic E-state index is 0.107. The molecule has 96 valence electrons. The highest BCUT2D eigenvalue weighted by molar-refractivity contribution is 7.90. The normalized spacial score (nSPS) is 12.6. The summed E-state index contributed by atoms with van der Waals surface area (Å²) in [6, 6.07) is 9.27. The van der Waals surface area contributed by atoms with E-state index in [1.807, 2.05) is 44.2 Å². The standard InChI is InChI=1S/C13H21NO2S/c1-13(2,11-14)8-9-17(15,16)10-12-6-4-3-5-7-12/h3-7H,8-11,14H2,1-2H3. The van der Waals surface area contributed by atoms with Crippen molar-refractivity contribution in [3.63, 3.8) is 0 Å². The quantitative estimate of drug-likeness (QED) is 0.845. The third-order valence-corrected chi connectivity index (χ3v) is 4.47. The molecule has 0 aliphatic heterocycles. The zero-order valence-electron chi connectivity index (χ0n) is 10.5. The summed E-state index contributed by atoms with van der Waals surface area (Å²) in [5.74, 6) is 0.320. The third kappa shape index (κ3) is 5.33. The number of hydrogen-bond donors (Lipinski definition) is 1. The highest BCUT2D eigenvalue weighted by Crippen LogP contribution is 2.20. The average molecular weight is 255 g/mol. The zero-order valence-corrected chi connectivity index (χ0v) is 11.3. The average Bonchev–Trinajstić information content (AvgIpc) is 2.28. The summed E-state index contributed by atoms with van der Waals surface area (Å²) in [6.07, 6.45) is 0.610. The van der Waals surface area contributed by atoms with Gasteiger partial charge in [0.25, 0.3) is 0 Å². The Labute approximate surface area is 104 Å². The van der Waals surface area contributed by atoms with Crippen LogP contribution >= 0.6 is 0 Å². The second-order valence-corrected chi connectivity index (χ2v) is 7.38. The molecule has 0 heterocycles. The fourth-order valence-electron chi connectivity index (χ4n) is 1.43. The smallest absolute Gasteiger partial charge is 0.154 e. The second-order valence-electron chi connectivity index (χ2n) is 5.20. The molecular formula is C13H21NO2S. The van der Waals surface area contributed by atoms with Gasteiger partial charge in [-0.25, -0.2) is 8.42 Å². The van der Waals surface area contributed by atoms with Crippen molar-refractivity contribution in [2.24, 2.45) is 11.1 Å². The van der Waals surface area contributed by atoms with Crippen molar-refractivity contribution in [2.45, 2.75) is 26.0 Å². The Morgan fingerprint density at radius 2 is 1.76 bits per heavy atom. The van der Waals surface area contributed by atoms with E-state index in [1.54, 1.807) is 0 Å². The van der Waals surface area contributed by atoms with Gasteiger partial charge >= 0.3 is 0 Å². The summed E-state index contributed by atoms with van der Waals surface area (Å²) >= 11 is 0. The predicted octanol–water partition coefficient (Wildman–Crippen LogP) is 1.98. The predicted molar refractivity (Wildman–Crippen MR) is 71.4 cm³/mol. The Morgan fingerprint density at radius 1 is 1.18 bits per heavy atom. The fourth-order valence-corrected chi connectivity index (χ4v) is 3.14. The van der Waals surface area contributed by atoms with Crippen LogP contribution < -0.4 is 5.73 Å². The van der Waals surface area contributed by atoms with Gasteiger partial charge in [-0.05, 0) is 23.9 Å². The van der Waals surface area contributed by atoms with E-state index in [-0.39, 0.29) is 16.9 Å². The van der Waals surface area contributed by atoms with Gasteiger partial charge in [0, 0.05) is 0 Å². The Morgan fingerprint density at radius 3 is 2.29 bits per heavy atom. The van der Waals surface area contributed by atoms with Crippen molar-refractivity contribution in [2.75, 3.05) is 12.3 Å². The van der Waals surface area contributed by atoms with Gasteiger partial charge in [-0.15, -0.1) is 0 Å². The van der Waals surface area contributed by atoms with Crippen LogP contribution in [0.4, 0.5) is 0 Å². The van der Waals surface area contributed by atoms with E-state index < -0.39 is 9.84 Å². The molecule has 0 saturated heterocycles. The molecule has 0 radical (unpaired) electrons. The van der Waals surface area contributed by atoms with Crippen molar-refractivity contribution in [1.29, 1.82) is 0 Å². The molecule has 0 amide bonds. The van der Waals surface area contributed by atoms with Crippen LogP contribution in [0.15, 0.2) is 30.3 Å². The molecular weight excluding hydrogens is 234 g/mol. The number of hydrogen-bond acceptors (Lipinski definition) is 3. The van der Waals surface area contributed by atoms with Gasteiger partial charge < -0.3 is 5.73 Å². The molecule has 0 fully saturated rings. The van der Waals surface area contributed by atoms with Crippen LogP contribution in [0, 0.1) is 5.41 Å². The first kappa shape index (κ1) is 14.2. The lowest BCUT2D eigenvalue weighted by molar-refractivity contribution is 0.365. The first-order valence-corrected chi connectivity index (χ1v) is 7.61. The summed E-state index contributed by atoms with van der Waals surface area (Å²) in [7, 11) is -3.03. The number of nitrogens with two attached hydrogens (primary N) is 1. The molecule has 1 aromatic carbocycles. The zero-order chi connectivity index (χ0) is 12.9. The maximum atomic E-state index is 11.9. The van der Waals surface area contributed by atoms with E-state index in [0.29, 0.717) is 13.0 Å². The first-order chi connectivity index (χ1) is 7.85. The molecule has 2 N–H and O–H groups in total. The van der Waals surface area contributed by atoms with Crippen LogP contribution in [0.25, 0.3) is 0 Å².